The molecule has 2 heterocycles. The second-order valence-corrected chi connectivity index (χ2v) is 4.23. The third-order valence-corrected chi connectivity index (χ3v) is 2.60. The maximum absolute atomic E-state index is 10.6. The second kappa shape index (κ2) is 7.14. The Hall–Kier alpha value is -2.75. The number of amides is 1. The van der Waals surface area contributed by atoms with Crippen molar-refractivity contribution in [2.24, 2.45) is 11.6 Å². The van der Waals surface area contributed by atoms with Crippen molar-refractivity contribution in [2.75, 3.05) is 17.3 Å². The molecule has 2 rings (SSSR count). The first-order valence-electron chi connectivity index (χ1n) is 6.44. The van der Waals surface area contributed by atoms with Gasteiger partial charge in [0.2, 0.25) is 17.8 Å². The first kappa shape index (κ1) is 14.7. The molecular formula is C11H17N9O. The summed E-state index contributed by atoms with van der Waals surface area (Å²) < 4.78 is 1.50. The predicted octanol–water partition coefficient (Wildman–Crippen LogP) is -0.590. The first-order valence-corrected chi connectivity index (χ1v) is 6.44. The summed E-state index contributed by atoms with van der Waals surface area (Å²) in [4.78, 5) is 23.1. The molecular weight excluding hydrogens is 274 g/mol. The van der Waals surface area contributed by atoms with Crippen LogP contribution in [0.4, 0.5) is 11.9 Å². The fourth-order valence-electron chi connectivity index (χ4n) is 1.62. The van der Waals surface area contributed by atoms with Crippen LogP contribution in [0.2, 0.25) is 0 Å². The number of nitrogens with one attached hydrogen (secondary N) is 2. The maximum Gasteiger partial charge on any atom is 0.257 e. The van der Waals surface area contributed by atoms with E-state index in [-0.39, 0.29) is 11.9 Å². The van der Waals surface area contributed by atoms with Gasteiger partial charge in [0, 0.05) is 25.4 Å². The fourth-order valence-corrected chi connectivity index (χ4v) is 1.62. The third-order valence-electron chi connectivity index (χ3n) is 2.60. The number of hydrogen-bond acceptors (Lipinski definition) is 8. The molecule has 0 aliphatic rings. The fraction of sp³-hybridized carbons (Fsp3) is 0.364. The van der Waals surface area contributed by atoms with Crippen LogP contribution in [-0.2, 0) is 4.79 Å². The summed E-state index contributed by atoms with van der Waals surface area (Å²) in [5.41, 5.74) is 7.46. The second-order valence-electron chi connectivity index (χ2n) is 4.23. The van der Waals surface area contributed by atoms with Gasteiger partial charge in [-0.3, -0.25) is 10.2 Å². The number of nitrogen functional groups attached to an aromatic ring is 1. The molecule has 1 amide bonds. The summed E-state index contributed by atoms with van der Waals surface area (Å²) in [7, 11) is 0. The molecule has 0 spiro atoms. The molecule has 0 aromatic carbocycles. The molecule has 0 fully saturated rings. The van der Waals surface area contributed by atoms with E-state index in [2.05, 4.69) is 30.8 Å². The molecule has 0 radical (unpaired) electrons. The Kier molecular flexibility index (Phi) is 4.99. The summed E-state index contributed by atoms with van der Waals surface area (Å²) in [6.07, 6.45) is 5.19. The number of hydrogen-bond donors (Lipinski definition) is 4. The maximum atomic E-state index is 10.6. The lowest BCUT2D eigenvalue weighted by Gasteiger charge is -2.08. The zero-order chi connectivity index (χ0) is 15.1. The van der Waals surface area contributed by atoms with E-state index < -0.39 is 0 Å². The van der Waals surface area contributed by atoms with Crippen LogP contribution in [0, 0.1) is 0 Å². The van der Waals surface area contributed by atoms with E-state index in [0.717, 1.165) is 6.42 Å². The van der Waals surface area contributed by atoms with Gasteiger partial charge in [-0.2, -0.15) is 20.1 Å². The molecule has 2 aromatic heterocycles. The van der Waals surface area contributed by atoms with Crippen LogP contribution in [0.25, 0.3) is 5.95 Å². The molecule has 21 heavy (non-hydrogen) atoms. The summed E-state index contributed by atoms with van der Waals surface area (Å²) in [6.45, 7) is 0.611. The van der Waals surface area contributed by atoms with Gasteiger partial charge in [-0.1, -0.05) is 0 Å². The van der Waals surface area contributed by atoms with Crippen LogP contribution in [0.5, 0.6) is 0 Å². The number of nitrogens with two attached hydrogens (primary N) is 2. The average molecular weight is 291 g/mol. The van der Waals surface area contributed by atoms with Gasteiger partial charge >= 0.3 is 0 Å². The van der Waals surface area contributed by atoms with Crippen molar-refractivity contribution in [3.8, 4) is 5.95 Å². The topological polar surface area (TPSA) is 150 Å². The van der Waals surface area contributed by atoms with Crippen LogP contribution in [0.1, 0.15) is 19.3 Å². The highest BCUT2D eigenvalue weighted by Gasteiger charge is 2.07. The minimum absolute atomic E-state index is 0.232. The number of carbonyl (C=O) groups excluding carboxylic acids is 1. The van der Waals surface area contributed by atoms with Gasteiger partial charge in [-0.05, 0) is 18.9 Å². The third kappa shape index (κ3) is 4.38. The van der Waals surface area contributed by atoms with E-state index in [4.69, 9.17) is 11.6 Å². The highest BCUT2D eigenvalue weighted by molar-refractivity contribution is 5.73. The number of unbranched alkanes of at least 4 members (excludes halogenated alkanes) is 1. The predicted molar refractivity (Wildman–Crippen MR) is 76.3 cm³/mol. The number of carbonyl (C=O) groups is 1. The van der Waals surface area contributed by atoms with E-state index >= 15 is 0 Å². The van der Waals surface area contributed by atoms with E-state index in [9.17, 15) is 4.79 Å². The van der Waals surface area contributed by atoms with Crippen LogP contribution in [-0.4, -0.2) is 37.2 Å². The molecule has 10 heteroatoms. The summed E-state index contributed by atoms with van der Waals surface area (Å²) in [5, 5.41) is 7.09. The minimum atomic E-state index is -0.300. The molecule has 112 valence electrons. The largest absolute Gasteiger partial charge is 0.370 e. The van der Waals surface area contributed by atoms with Gasteiger partial charge in [0.15, 0.2) is 0 Å². The Morgan fingerprint density at radius 2 is 2.05 bits per heavy atom. The van der Waals surface area contributed by atoms with Crippen LogP contribution in [0.3, 0.4) is 0 Å². The average Bonchev–Trinajstić information content (AvgIpc) is 3.00. The molecule has 0 aliphatic carbocycles. The lowest BCUT2D eigenvalue weighted by atomic mass is 10.2. The van der Waals surface area contributed by atoms with E-state index in [1.165, 1.54) is 4.68 Å². The number of anilines is 2. The Morgan fingerprint density at radius 1 is 1.24 bits per heavy atom. The van der Waals surface area contributed by atoms with Crippen molar-refractivity contribution in [2.45, 2.75) is 19.3 Å². The number of hydrazine groups is 1. The number of aromatic nitrogens is 5. The van der Waals surface area contributed by atoms with Gasteiger partial charge in [0.1, 0.15) is 0 Å². The lowest BCUT2D eigenvalue weighted by molar-refractivity contribution is -0.118. The van der Waals surface area contributed by atoms with Crippen molar-refractivity contribution in [1.29, 1.82) is 0 Å². The van der Waals surface area contributed by atoms with E-state index in [0.29, 0.717) is 31.3 Å². The molecule has 0 saturated heterocycles. The first-order chi connectivity index (χ1) is 10.2. The standard InChI is InChI=1S/C11H17N9O/c12-8(21)4-1-2-5-14-9-16-10(19-13)18-11(17-9)20-7-3-6-15-20/h3,6-7H,1-2,4-5,13H2,(H2,12,21)(H2,14,16,17,18,19). The highest BCUT2D eigenvalue weighted by atomic mass is 16.1. The molecule has 0 aliphatic heterocycles. The highest BCUT2D eigenvalue weighted by Crippen LogP contribution is 2.08. The Labute approximate surface area is 120 Å². The van der Waals surface area contributed by atoms with Crippen molar-refractivity contribution in [3.63, 3.8) is 0 Å². The van der Waals surface area contributed by atoms with E-state index in [1.54, 1.807) is 18.5 Å². The van der Waals surface area contributed by atoms with Gasteiger partial charge in [-0.25, -0.2) is 10.5 Å². The molecule has 0 atom stereocenters. The molecule has 2 aromatic rings. The van der Waals surface area contributed by atoms with Crippen LogP contribution in [0.15, 0.2) is 18.5 Å². The van der Waals surface area contributed by atoms with Crippen LogP contribution < -0.4 is 22.3 Å². The number of primary amides is 1. The van der Waals surface area contributed by atoms with Gasteiger partial charge in [0.05, 0.1) is 0 Å². The van der Waals surface area contributed by atoms with E-state index in [1.807, 2.05) is 0 Å². The molecule has 10 nitrogen and oxygen atoms in total. The van der Waals surface area contributed by atoms with Gasteiger partial charge in [-0.15, -0.1) is 0 Å². The summed E-state index contributed by atoms with van der Waals surface area (Å²) >= 11 is 0. The van der Waals surface area contributed by atoms with Gasteiger partial charge < -0.3 is 11.1 Å². The number of nitrogens with zero attached hydrogens (tertiary/aromatic N) is 5. The molecule has 6 N–H and O–H groups in total. The zero-order valence-corrected chi connectivity index (χ0v) is 11.4. The SMILES string of the molecule is NNc1nc(NCCCCC(N)=O)nc(-n2cccn2)n1. The monoisotopic (exact) mass is 291 g/mol. The Bertz CT molecular complexity index is 583. The zero-order valence-electron chi connectivity index (χ0n) is 11.4. The van der Waals surface area contributed by atoms with Crippen molar-refractivity contribution < 1.29 is 4.79 Å². The Balaban J connectivity index is 1.99. The van der Waals surface area contributed by atoms with Crippen molar-refractivity contribution in [3.05, 3.63) is 18.5 Å². The number of rotatable bonds is 8. The smallest absolute Gasteiger partial charge is 0.257 e. The normalized spacial score (nSPS) is 10.3. The van der Waals surface area contributed by atoms with Crippen molar-refractivity contribution >= 4 is 17.8 Å². The molecule has 0 unspecified atom stereocenters. The van der Waals surface area contributed by atoms with Crippen molar-refractivity contribution in [1.82, 2.24) is 24.7 Å². The molecule has 0 bridgehead atoms. The quantitative estimate of drug-likeness (QED) is 0.286. The molecule has 0 saturated carbocycles. The summed E-state index contributed by atoms with van der Waals surface area (Å²) in [5.74, 6) is 6.00. The Morgan fingerprint density at radius 3 is 2.71 bits per heavy atom. The summed E-state index contributed by atoms with van der Waals surface area (Å²) in [6, 6.07) is 1.76. The lowest BCUT2D eigenvalue weighted by Crippen LogP contribution is -2.16. The minimum Gasteiger partial charge on any atom is -0.370 e. The van der Waals surface area contributed by atoms with Crippen LogP contribution >= 0.6 is 0 Å². The van der Waals surface area contributed by atoms with Gasteiger partial charge in [0.25, 0.3) is 5.95 Å².